The molecule has 0 radical (unpaired) electrons. The number of rotatable bonds is 5. The van der Waals surface area contributed by atoms with Crippen LogP contribution in [0.1, 0.15) is 18.9 Å². The minimum Gasteiger partial charge on any atom is -0.476 e. The molecule has 4 nitrogen and oxygen atoms in total. The van der Waals surface area contributed by atoms with Gasteiger partial charge in [0.15, 0.2) is 0 Å². The third-order valence-corrected chi connectivity index (χ3v) is 2.66. The van der Waals surface area contributed by atoms with Crippen LogP contribution in [-0.2, 0) is 0 Å². The molecule has 0 amide bonds. The number of aryl methyl sites for hydroxylation is 1. The second kappa shape index (κ2) is 6.23. The second-order valence-corrected chi connectivity index (χ2v) is 4.40. The Morgan fingerprint density at radius 1 is 1.25 bits per heavy atom. The number of anilines is 1. The normalized spacial score (nSPS) is 10.3. The number of hydrogen-bond acceptors (Lipinski definition) is 4. The van der Waals surface area contributed by atoms with Crippen LogP contribution in [0.4, 0.5) is 10.1 Å². The number of aromatic nitrogens is 1. The van der Waals surface area contributed by atoms with E-state index in [1.165, 1.54) is 12.1 Å². The Kier molecular flexibility index (Phi) is 4.40. The molecule has 0 aliphatic carbocycles. The van der Waals surface area contributed by atoms with E-state index in [1.54, 1.807) is 25.1 Å². The lowest BCUT2D eigenvalue weighted by Gasteiger charge is -2.11. The summed E-state index contributed by atoms with van der Waals surface area (Å²) in [7, 11) is 0. The summed E-state index contributed by atoms with van der Waals surface area (Å²) in [6, 6.07) is 7.63. The molecule has 2 aromatic rings. The Morgan fingerprint density at radius 3 is 2.75 bits per heavy atom. The lowest BCUT2D eigenvalue weighted by atomic mass is 10.2. The van der Waals surface area contributed by atoms with Crippen molar-refractivity contribution in [3.63, 3.8) is 0 Å². The molecule has 0 saturated carbocycles. The summed E-state index contributed by atoms with van der Waals surface area (Å²) in [5, 5.41) is 0. The average Bonchev–Trinajstić information content (AvgIpc) is 2.42. The molecule has 2 N–H and O–H groups in total. The van der Waals surface area contributed by atoms with Crippen LogP contribution < -0.4 is 15.2 Å². The van der Waals surface area contributed by atoms with Crippen molar-refractivity contribution in [1.29, 1.82) is 0 Å². The van der Waals surface area contributed by atoms with Crippen LogP contribution in [0.2, 0.25) is 0 Å². The maximum Gasteiger partial charge on any atom is 0.240 e. The molecule has 1 aromatic heterocycles. The van der Waals surface area contributed by atoms with Crippen molar-refractivity contribution in [2.75, 3.05) is 12.3 Å². The van der Waals surface area contributed by atoms with Crippen LogP contribution in [0.3, 0.4) is 0 Å². The van der Waals surface area contributed by atoms with Gasteiger partial charge in [-0.3, -0.25) is 0 Å². The summed E-state index contributed by atoms with van der Waals surface area (Å²) >= 11 is 0. The SMILES string of the molecule is CCCOc1nc(Oc2ccc(F)cc2C)ccc1N. The summed E-state index contributed by atoms with van der Waals surface area (Å²) in [5.41, 5.74) is 6.93. The lowest BCUT2D eigenvalue weighted by Crippen LogP contribution is -2.02. The first-order chi connectivity index (χ1) is 9.60. The molecule has 5 heteroatoms. The molecule has 1 aromatic carbocycles. The standard InChI is InChI=1S/C15H17FN2O2/c1-3-8-19-15-12(17)5-7-14(18-15)20-13-6-4-11(16)9-10(13)2/h4-7,9H,3,8,17H2,1-2H3. The van der Waals surface area contributed by atoms with Crippen LogP contribution in [0.15, 0.2) is 30.3 Å². The van der Waals surface area contributed by atoms with E-state index < -0.39 is 0 Å². The molecular weight excluding hydrogens is 259 g/mol. The molecule has 1 heterocycles. The van der Waals surface area contributed by atoms with Crippen molar-refractivity contribution in [2.45, 2.75) is 20.3 Å². The highest BCUT2D eigenvalue weighted by atomic mass is 19.1. The van der Waals surface area contributed by atoms with Gasteiger partial charge in [-0.25, -0.2) is 4.39 Å². The zero-order valence-corrected chi connectivity index (χ0v) is 11.5. The Balaban J connectivity index is 2.20. The summed E-state index contributed by atoms with van der Waals surface area (Å²) in [5.74, 6) is 0.960. The van der Waals surface area contributed by atoms with E-state index in [0.29, 0.717) is 35.4 Å². The fourth-order valence-corrected chi connectivity index (χ4v) is 1.65. The van der Waals surface area contributed by atoms with E-state index in [-0.39, 0.29) is 5.82 Å². The Morgan fingerprint density at radius 2 is 2.05 bits per heavy atom. The summed E-state index contributed by atoms with van der Waals surface area (Å²) in [4.78, 5) is 4.21. The monoisotopic (exact) mass is 276 g/mol. The highest BCUT2D eigenvalue weighted by molar-refractivity contribution is 5.50. The Bertz CT molecular complexity index is 602. The smallest absolute Gasteiger partial charge is 0.240 e. The van der Waals surface area contributed by atoms with Crippen LogP contribution in [-0.4, -0.2) is 11.6 Å². The van der Waals surface area contributed by atoms with E-state index in [0.717, 1.165) is 6.42 Å². The summed E-state index contributed by atoms with van der Waals surface area (Å²) in [6.07, 6.45) is 0.864. The number of nitrogens with zero attached hydrogens (tertiary/aromatic N) is 1. The highest BCUT2D eigenvalue weighted by Crippen LogP contribution is 2.28. The molecule has 0 bridgehead atoms. The van der Waals surface area contributed by atoms with Gasteiger partial charge in [0.2, 0.25) is 11.8 Å². The van der Waals surface area contributed by atoms with Crippen molar-refractivity contribution >= 4 is 5.69 Å². The lowest BCUT2D eigenvalue weighted by molar-refractivity contribution is 0.302. The predicted molar refractivity (Wildman–Crippen MR) is 75.6 cm³/mol. The average molecular weight is 276 g/mol. The quantitative estimate of drug-likeness (QED) is 0.904. The highest BCUT2D eigenvalue weighted by Gasteiger charge is 2.08. The molecule has 0 aliphatic rings. The van der Waals surface area contributed by atoms with Gasteiger partial charge < -0.3 is 15.2 Å². The Labute approximate surface area is 117 Å². The zero-order chi connectivity index (χ0) is 14.5. The van der Waals surface area contributed by atoms with Crippen molar-refractivity contribution in [3.05, 3.63) is 41.7 Å². The molecule has 0 atom stereocenters. The number of ether oxygens (including phenoxy) is 2. The van der Waals surface area contributed by atoms with E-state index in [2.05, 4.69) is 4.98 Å². The second-order valence-electron chi connectivity index (χ2n) is 4.40. The van der Waals surface area contributed by atoms with Crippen LogP contribution in [0, 0.1) is 12.7 Å². The number of nitrogens with two attached hydrogens (primary N) is 1. The van der Waals surface area contributed by atoms with Crippen LogP contribution in [0.25, 0.3) is 0 Å². The van der Waals surface area contributed by atoms with Gasteiger partial charge in [-0.15, -0.1) is 0 Å². The first kappa shape index (κ1) is 14.1. The summed E-state index contributed by atoms with van der Waals surface area (Å²) < 4.78 is 24.1. The number of nitrogen functional groups attached to an aromatic ring is 1. The predicted octanol–water partition coefficient (Wildman–Crippen LogP) is 3.69. The van der Waals surface area contributed by atoms with Gasteiger partial charge in [0, 0.05) is 6.07 Å². The zero-order valence-electron chi connectivity index (χ0n) is 11.5. The number of pyridine rings is 1. The van der Waals surface area contributed by atoms with Crippen molar-refractivity contribution < 1.29 is 13.9 Å². The molecule has 20 heavy (non-hydrogen) atoms. The molecule has 0 aliphatic heterocycles. The van der Waals surface area contributed by atoms with Gasteiger partial charge in [0.25, 0.3) is 0 Å². The van der Waals surface area contributed by atoms with Gasteiger partial charge in [0.05, 0.1) is 12.3 Å². The number of hydrogen-bond donors (Lipinski definition) is 1. The topological polar surface area (TPSA) is 57.4 Å². The number of benzene rings is 1. The van der Waals surface area contributed by atoms with E-state index >= 15 is 0 Å². The molecular formula is C15H17FN2O2. The minimum absolute atomic E-state index is 0.299. The maximum atomic E-state index is 13.0. The maximum absolute atomic E-state index is 13.0. The largest absolute Gasteiger partial charge is 0.476 e. The van der Waals surface area contributed by atoms with E-state index in [1.807, 2.05) is 6.92 Å². The van der Waals surface area contributed by atoms with Gasteiger partial charge in [0.1, 0.15) is 11.6 Å². The van der Waals surface area contributed by atoms with Crippen molar-refractivity contribution in [3.8, 4) is 17.5 Å². The molecule has 0 spiro atoms. The Hall–Kier alpha value is -2.30. The molecule has 0 fully saturated rings. The van der Waals surface area contributed by atoms with Gasteiger partial charge >= 0.3 is 0 Å². The van der Waals surface area contributed by atoms with Gasteiger partial charge in [-0.2, -0.15) is 4.98 Å². The fraction of sp³-hybridized carbons (Fsp3) is 0.267. The third-order valence-electron chi connectivity index (χ3n) is 2.66. The van der Waals surface area contributed by atoms with Crippen molar-refractivity contribution in [2.24, 2.45) is 0 Å². The molecule has 0 saturated heterocycles. The van der Waals surface area contributed by atoms with Gasteiger partial charge in [-0.05, 0) is 43.2 Å². The minimum atomic E-state index is -0.299. The molecule has 106 valence electrons. The molecule has 2 rings (SSSR count). The van der Waals surface area contributed by atoms with Gasteiger partial charge in [-0.1, -0.05) is 6.92 Å². The summed E-state index contributed by atoms with van der Waals surface area (Å²) in [6.45, 7) is 4.30. The van der Waals surface area contributed by atoms with Crippen LogP contribution in [0.5, 0.6) is 17.5 Å². The third kappa shape index (κ3) is 3.38. The molecule has 0 unspecified atom stereocenters. The fourth-order valence-electron chi connectivity index (χ4n) is 1.65. The first-order valence-electron chi connectivity index (χ1n) is 6.43. The first-order valence-corrected chi connectivity index (χ1v) is 6.43. The van der Waals surface area contributed by atoms with E-state index in [9.17, 15) is 4.39 Å². The van der Waals surface area contributed by atoms with Crippen molar-refractivity contribution in [1.82, 2.24) is 4.98 Å². The number of halogens is 1. The van der Waals surface area contributed by atoms with E-state index in [4.69, 9.17) is 15.2 Å². The van der Waals surface area contributed by atoms with Crippen LogP contribution >= 0.6 is 0 Å².